The van der Waals surface area contributed by atoms with Crippen molar-refractivity contribution in [3.8, 4) is 0 Å². The predicted octanol–water partition coefficient (Wildman–Crippen LogP) is 5.65. The van der Waals surface area contributed by atoms with Crippen LogP contribution in [0.5, 0.6) is 0 Å². The van der Waals surface area contributed by atoms with Crippen molar-refractivity contribution in [1.29, 1.82) is 0 Å². The second-order valence-corrected chi connectivity index (χ2v) is 12.2. The first-order valence-electron chi connectivity index (χ1n) is 14.8. The fourth-order valence-corrected chi connectivity index (χ4v) is 5.50. The van der Waals surface area contributed by atoms with Gasteiger partial charge in [-0.1, -0.05) is 59.1 Å². The quantitative estimate of drug-likeness (QED) is 0.298. The van der Waals surface area contributed by atoms with E-state index >= 15 is 0 Å². The highest BCUT2D eigenvalue weighted by molar-refractivity contribution is 5.77. The third kappa shape index (κ3) is 12.5. The lowest BCUT2D eigenvalue weighted by Gasteiger charge is -2.41. The van der Waals surface area contributed by atoms with E-state index in [0.29, 0.717) is 11.3 Å². The van der Waals surface area contributed by atoms with Gasteiger partial charge in [-0.2, -0.15) is 0 Å². The van der Waals surface area contributed by atoms with Crippen molar-refractivity contribution in [2.45, 2.75) is 111 Å². The van der Waals surface area contributed by atoms with Crippen molar-refractivity contribution in [3.05, 3.63) is 12.2 Å². The van der Waals surface area contributed by atoms with Crippen LogP contribution in [0.25, 0.3) is 0 Å². The number of amidine groups is 1. The lowest BCUT2D eigenvalue weighted by atomic mass is 9.85. The highest BCUT2D eigenvalue weighted by Crippen LogP contribution is 2.26. The Morgan fingerprint density at radius 3 is 1.67 bits per heavy atom. The molecular formula is C30H62N6. The molecule has 4 heterocycles. The van der Waals surface area contributed by atoms with E-state index in [4.69, 9.17) is 5.73 Å². The molecule has 0 spiro atoms. The predicted molar refractivity (Wildman–Crippen MR) is 160 cm³/mol. The molecule has 0 aliphatic carbocycles. The number of aliphatic imine (C=N–C) groups is 1. The number of nitrogens with zero attached hydrogens (tertiary/aromatic N) is 5. The molecule has 2 atom stereocenters. The van der Waals surface area contributed by atoms with Crippen LogP contribution in [0.4, 0.5) is 0 Å². The van der Waals surface area contributed by atoms with Gasteiger partial charge in [0.1, 0.15) is 0 Å². The van der Waals surface area contributed by atoms with Crippen molar-refractivity contribution >= 4 is 5.84 Å². The smallest absolute Gasteiger partial charge is 0.0902 e. The zero-order valence-electron chi connectivity index (χ0n) is 25.5. The van der Waals surface area contributed by atoms with Gasteiger partial charge < -0.3 is 5.73 Å². The summed E-state index contributed by atoms with van der Waals surface area (Å²) >= 11 is 0. The maximum atomic E-state index is 5.04. The molecule has 0 saturated carbocycles. The number of fused-ring (bicyclic) bond motifs is 2. The molecule has 0 radical (unpaired) electrons. The van der Waals surface area contributed by atoms with Gasteiger partial charge in [0.2, 0.25) is 0 Å². The molecule has 4 saturated heterocycles. The molecule has 0 bridgehead atoms. The van der Waals surface area contributed by atoms with Gasteiger partial charge >= 0.3 is 0 Å². The fraction of sp³-hybridized carbons (Fsp3) is 0.900. The molecule has 4 aliphatic rings. The van der Waals surface area contributed by atoms with Crippen LogP contribution < -0.4 is 5.73 Å². The third-order valence-electron chi connectivity index (χ3n) is 8.05. The molecule has 2 N–H and O–H groups in total. The molecule has 212 valence electrons. The Balaban J connectivity index is 0.000000250. The highest BCUT2D eigenvalue weighted by atomic mass is 15.4. The second kappa shape index (κ2) is 17.5. The molecular weight excluding hydrogens is 444 g/mol. The van der Waals surface area contributed by atoms with Crippen LogP contribution >= 0.6 is 0 Å². The Hall–Kier alpha value is -0.950. The molecule has 0 aromatic carbocycles. The van der Waals surface area contributed by atoms with Crippen molar-refractivity contribution < 1.29 is 0 Å². The Kier molecular flexibility index (Phi) is 16.1. The lowest BCUT2D eigenvalue weighted by molar-refractivity contribution is 0.0237. The molecule has 0 aromatic rings. The summed E-state index contributed by atoms with van der Waals surface area (Å²) in [6.45, 7) is 22.6. The Morgan fingerprint density at radius 2 is 1.25 bits per heavy atom. The van der Waals surface area contributed by atoms with Gasteiger partial charge in [-0.15, -0.1) is 0 Å². The molecule has 2 unspecified atom stereocenters. The monoisotopic (exact) mass is 507 g/mol. The van der Waals surface area contributed by atoms with Crippen molar-refractivity contribution in [2.24, 2.45) is 16.1 Å². The number of hydrogen-bond donors (Lipinski definition) is 1. The zero-order chi connectivity index (χ0) is 27.1. The molecule has 6 nitrogen and oxygen atoms in total. The first kappa shape index (κ1) is 33.1. The number of nitrogens with two attached hydrogens (primary N) is 1. The van der Waals surface area contributed by atoms with Crippen molar-refractivity contribution in [2.75, 3.05) is 60.4 Å². The maximum absolute atomic E-state index is 5.04. The summed E-state index contributed by atoms with van der Waals surface area (Å²) in [6, 6.07) is 0. The second-order valence-electron chi connectivity index (χ2n) is 12.2. The van der Waals surface area contributed by atoms with Crippen LogP contribution in [0, 0.1) is 5.41 Å². The summed E-state index contributed by atoms with van der Waals surface area (Å²) in [5, 5.41) is 0. The topological polar surface area (TPSA) is 51.3 Å². The average Bonchev–Trinajstić information content (AvgIpc) is 3.19. The maximum Gasteiger partial charge on any atom is 0.0902 e. The van der Waals surface area contributed by atoms with Gasteiger partial charge in [-0.05, 0) is 84.5 Å². The van der Waals surface area contributed by atoms with Gasteiger partial charge in [-0.3, -0.25) is 24.6 Å². The normalized spacial score (nSPS) is 26.1. The van der Waals surface area contributed by atoms with Crippen LogP contribution in [0.2, 0.25) is 0 Å². The highest BCUT2D eigenvalue weighted by Gasteiger charge is 2.30. The first-order chi connectivity index (χ1) is 17.0. The SMILES string of the molecule is C=C(CCC)C(C)(C)C.CN1CCCN2CCCC12.CN1CCCN2CCCCCC12.CN=C(C)N. The van der Waals surface area contributed by atoms with Crippen LogP contribution in [0.3, 0.4) is 0 Å². The van der Waals surface area contributed by atoms with Crippen LogP contribution in [0.15, 0.2) is 17.1 Å². The minimum atomic E-state index is 0.315. The third-order valence-corrected chi connectivity index (χ3v) is 8.05. The first-order valence-corrected chi connectivity index (χ1v) is 14.8. The molecule has 0 amide bonds. The zero-order valence-corrected chi connectivity index (χ0v) is 25.5. The molecule has 0 aromatic heterocycles. The Bertz CT molecular complexity index is 621. The molecule has 36 heavy (non-hydrogen) atoms. The largest absolute Gasteiger partial charge is 0.388 e. The molecule has 4 rings (SSSR count). The van der Waals surface area contributed by atoms with Gasteiger partial charge in [0.05, 0.1) is 18.2 Å². The minimum absolute atomic E-state index is 0.315. The van der Waals surface area contributed by atoms with Crippen LogP contribution in [-0.4, -0.2) is 98.2 Å². The van der Waals surface area contributed by atoms with E-state index in [9.17, 15) is 0 Å². The molecule has 4 aliphatic heterocycles. The van der Waals surface area contributed by atoms with E-state index in [-0.39, 0.29) is 0 Å². The van der Waals surface area contributed by atoms with Gasteiger partial charge in [0.15, 0.2) is 0 Å². The van der Waals surface area contributed by atoms with Crippen molar-refractivity contribution in [3.63, 3.8) is 0 Å². The fourth-order valence-electron chi connectivity index (χ4n) is 5.50. The van der Waals surface area contributed by atoms with E-state index in [2.05, 4.69) is 73.0 Å². The van der Waals surface area contributed by atoms with E-state index in [1.54, 1.807) is 14.0 Å². The molecule has 6 heteroatoms. The van der Waals surface area contributed by atoms with Crippen LogP contribution in [-0.2, 0) is 0 Å². The number of hydrogen-bond acceptors (Lipinski definition) is 5. The van der Waals surface area contributed by atoms with E-state index in [0.717, 1.165) is 12.3 Å². The number of allylic oxidation sites excluding steroid dienone is 1. The van der Waals surface area contributed by atoms with Gasteiger partial charge in [0, 0.05) is 33.2 Å². The Morgan fingerprint density at radius 1 is 0.806 bits per heavy atom. The van der Waals surface area contributed by atoms with Gasteiger partial charge in [-0.25, -0.2) is 0 Å². The van der Waals surface area contributed by atoms with E-state index < -0.39 is 0 Å². The van der Waals surface area contributed by atoms with E-state index in [1.165, 1.54) is 109 Å². The average molecular weight is 507 g/mol. The summed E-state index contributed by atoms with van der Waals surface area (Å²) in [6.07, 6.45) is 15.2. The summed E-state index contributed by atoms with van der Waals surface area (Å²) in [5.41, 5.74) is 6.72. The van der Waals surface area contributed by atoms with E-state index in [1.807, 2.05) is 0 Å². The summed E-state index contributed by atoms with van der Waals surface area (Å²) in [7, 11) is 6.19. The summed E-state index contributed by atoms with van der Waals surface area (Å²) < 4.78 is 0. The summed E-state index contributed by atoms with van der Waals surface area (Å²) in [4.78, 5) is 13.9. The van der Waals surface area contributed by atoms with Gasteiger partial charge in [0.25, 0.3) is 0 Å². The standard InChI is InChI=1S/C10H20N2.C9H18.C8H16N2.C3H8N2/c1-11-7-5-9-12-8-4-2-3-6-10(11)12;1-6-7-8(2)9(3,4)5;1-9-5-3-7-10-6-2-4-8(9)10;1-3(4)5-2/h10H,2-9H2,1H3;2,6-7H2,1,3-5H3;8H,2-7H2,1H3;1-2H3,(H2,4,5). The molecule has 4 fully saturated rings. The summed E-state index contributed by atoms with van der Waals surface area (Å²) in [5.74, 6) is 0.630. The Labute approximate surface area is 225 Å². The minimum Gasteiger partial charge on any atom is -0.388 e. The van der Waals surface area contributed by atoms with Crippen LogP contribution in [0.1, 0.15) is 98.8 Å². The van der Waals surface area contributed by atoms with Crippen molar-refractivity contribution in [1.82, 2.24) is 19.6 Å². The number of rotatable bonds is 2. The lowest BCUT2D eigenvalue weighted by Crippen LogP contribution is -2.51.